The first-order valence-corrected chi connectivity index (χ1v) is 9.71. The molecule has 0 aliphatic carbocycles. The molecule has 1 aromatic carbocycles. The van der Waals surface area contributed by atoms with E-state index in [2.05, 4.69) is 6.58 Å². The van der Waals surface area contributed by atoms with E-state index >= 15 is 0 Å². The molecule has 2 N–H and O–H groups in total. The first-order valence-electron chi connectivity index (χ1n) is 9.71. The van der Waals surface area contributed by atoms with Gasteiger partial charge in [0.25, 0.3) is 0 Å². The van der Waals surface area contributed by atoms with E-state index in [4.69, 9.17) is 4.74 Å². The fraction of sp³-hybridized carbons (Fsp3) is 0.391. The van der Waals surface area contributed by atoms with Gasteiger partial charge in [0.15, 0.2) is 0 Å². The largest absolute Gasteiger partial charge is 0.508 e. The molecule has 29 heavy (non-hydrogen) atoms. The number of aliphatic hydroxyl groups excluding tert-OH is 2. The summed E-state index contributed by atoms with van der Waals surface area (Å²) in [5.74, 6) is -0.465. The summed E-state index contributed by atoms with van der Waals surface area (Å²) in [5.41, 5.74) is 2.31. The number of halogens is 2. The fourth-order valence-electron chi connectivity index (χ4n) is 3.88. The molecule has 1 aliphatic heterocycles. The standard InChI is InChI=1S/C23H27F2NO3/c1-4-17(27)6-5-16(11-24)12-26-13-20(22-10-18(28)9-15(3)29-22)19-7-14(2)8-21(25)23(19)26/h4-8,13,15,18,22,27-28H,1,9-12H2,2-3H3/b16-5+,17-6+/t15-,18+,22-/m1/s1. The van der Waals surface area contributed by atoms with E-state index < -0.39 is 18.6 Å². The molecule has 0 radical (unpaired) electrons. The van der Waals surface area contributed by atoms with Crippen molar-refractivity contribution in [3.8, 4) is 0 Å². The zero-order valence-corrected chi connectivity index (χ0v) is 16.7. The molecule has 6 heteroatoms. The van der Waals surface area contributed by atoms with Gasteiger partial charge < -0.3 is 19.5 Å². The van der Waals surface area contributed by atoms with Gasteiger partial charge in [-0.15, -0.1) is 0 Å². The molecule has 0 unspecified atom stereocenters. The van der Waals surface area contributed by atoms with Crippen LogP contribution < -0.4 is 0 Å². The highest BCUT2D eigenvalue weighted by atomic mass is 19.1. The number of allylic oxidation sites excluding steroid dienone is 4. The van der Waals surface area contributed by atoms with Gasteiger partial charge in [-0.05, 0) is 55.7 Å². The Labute approximate surface area is 169 Å². The lowest BCUT2D eigenvalue weighted by Crippen LogP contribution is -2.29. The van der Waals surface area contributed by atoms with Gasteiger partial charge in [0.2, 0.25) is 0 Å². The number of aryl methyl sites for hydroxylation is 1. The molecule has 0 bridgehead atoms. The lowest BCUT2D eigenvalue weighted by atomic mass is 9.96. The van der Waals surface area contributed by atoms with Crippen molar-refractivity contribution >= 4 is 10.9 Å². The molecule has 1 fully saturated rings. The van der Waals surface area contributed by atoms with Gasteiger partial charge in [0, 0.05) is 30.1 Å². The third-order valence-corrected chi connectivity index (χ3v) is 5.18. The van der Waals surface area contributed by atoms with Crippen molar-refractivity contribution in [2.24, 2.45) is 0 Å². The molecule has 1 saturated heterocycles. The van der Waals surface area contributed by atoms with Gasteiger partial charge in [-0.3, -0.25) is 0 Å². The maximum Gasteiger partial charge on any atom is 0.147 e. The fourth-order valence-corrected chi connectivity index (χ4v) is 3.88. The highest BCUT2D eigenvalue weighted by Crippen LogP contribution is 2.37. The zero-order chi connectivity index (χ0) is 21.1. The molecule has 4 nitrogen and oxygen atoms in total. The number of hydrogen-bond donors (Lipinski definition) is 2. The van der Waals surface area contributed by atoms with E-state index in [1.54, 1.807) is 10.8 Å². The first-order chi connectivity index (χ1) is 13.8. The van der Waals surface area contributed by atoms with Gasteiger partial charge in [0.1, 0.15) is 18.3 Å². The van der Waals surface area contributed by atoms with Gasteiger partial charge in [-0.2, -0.15) is 0 Å². The molecule has 1 aliphatic rings. The number of rotatable bonds is 6. The minimum Gasteiger partial charge on any atom is -0.508 e. The number of aromatic nitrogens is 1. The minimum absolute atomic E-state index is 0.0746. The lowest BCUT2D eigenvalue weighted by molar-refractivity contribution is -0.0890. The van der Waals surface area contributed by atoms with Crippen molar-refractivity contribution in [2.45, 2.75) is 51.5 Å². The van der Waals surface area contributed by atoms with Crippen LogP contribution in [0.5, 0.6) is 0 Å². The molecule has 2 aromatic rings. The summed E-state index contributed by atoms with van der Waals surface area (Å²) >= 11 is 0. The van der Waals surface area contributed by atoms with E-state index in [1.807, 2.05) is 19.9 Å². The van der Waals surface area contributed by atoms with Crippen LogP contribution in [0.2, 0.25) is 0 Å². The highest BCUT2D eigenvalue weighted by molar-refractivity contribution is 5.86. The molecule has 0 amide bonds. The molecule has 0 spiro atoms. The van der Waals surface area contributed by atoms with E-state index in [-0.39, 0.29) is 24.5 Å². The van der Waals surface area contributed by atoms with Crippen molar-refractivity contribution in [1.29, 1.82) is 0 Å². The SMILES string of the molecule is C=C/C(O)=C\C=C(/CF)Cn1cc([C@H]2C[C@@H](O)C[C@@H](C)O2)c2cc(C)cc(F)c21. The molecular weight excluding hydrogens is 376 g/mol. The van der Waals surface area contributed by atoms with Gasteiger partial charge >= 0.3 is 0 Å². The van der Waals surface area contributed by atoms with E-state index in [9.17, 15) is 19.0 Å². The third kappa shape index (κ3) is 4.77. The molecule has 1 aromatic heterocycles. The maximum atomic E-state index is 14.9. The number of hydrogen-bond acceptors (Lipinski definition) is 3. The monoisotopic (exact) mass is 403 g/mol. The molecule has 0 saturated carbocycles. The normalized spacial score (nSPS) is 23.6. The van der Waals surface area contributed by atoms with Crippen LogP contribution in [0.3, 0.4) is 0 Å². The maximum absolute atomic E-state index is 14.9. The Morgan fingerprint density at radius 2 is 2.10 bits per heavy atom. The summed E-state index contributed by atoms with van der Waals surface area (Å²) in [7, 11) is 0. The topological polar surface area (TPSA) is 54.6 Å². The molecule has 2 heterocycles. The van der Waals surface area contributed by atoms with Crippen LogP contribution in [0.1, 0.15) is 37.0 Å². The first kappa shape index (κ1) is 21.3. The van der Waals surface area contributed by atoms with Crippen LogP contribution in [0, 0.1) is 12.7 Å². The van der Waals surface area contributed by atoms with Crippen molar-refractivity contribution < 1.29 is 23.7 Å². The lowest BCUT2D eigenvalue weighted by Gasteiger charge is -2.31. The predicted molar refractivity (Wildman–Crippen MR) is 110 cm³/mol. The smallest absolute Gasteiger partial charge is 0.147 e. The van der Waals surface area contributed by atoms with Crippen LogP contribution in [-0.2, 0) is 11.3 Å². The molecule has 3 atom stereocenters. The van der Waals surface area contributed by atoms with Gasteiger partial charge in [-0.1, -0.05) is 12.7 Å². The second-order valence-electron chi connectivity index (χ2n) is 7.67. The number of fused-ring (bicyclic) bond motifs is 1. The molecule has 156 valence electrons. The van der Waals surface area contributed by atoms with Crippen LogP contribution in [0.25, 0.3) is 10.9 Å². The van der Waals surface area contributed by atoms with E-state index in [0.29, 0.717) is 29.3 Å². The highest BCUT2D eigenvalue weighted by Gasteiger charge is 2.30. The molecule has 3 rings (SSSR count). The third-order valence-electron chi connectivity index (χ3n) is 5.18. The Kier molecular flexibility index (Phi) is 6.55. The summed E-state index contributed by atoms with van der Waals surface area (Å²) in [4.78, 5) is 0. The number of ether oxygens (including phenoxy) is 1. The second kappa shape index (κ2) is 8.93. The van der Waals surface area contributed by atoms with Crippen molar-refractivity contribution in [3.05, 3.63) is 71.4 Å². The summed E-state index contributed by atoms with van der Waals surface area (Å²) in [6.45, 7) is 6.56. The summed E-state index contributed by atoms with van der Waals surface area (Å²) < 4.78 is 36.1. The Hall–Kier alpha value is -2.44. The van der Waals surface area contributed by atoms with Crippen molar-refractivity contribution in [1.82, 2.24) is 4.57 Å². The summed E-state index contributed by atoms with van der Waals surface area (Å²) in [6, 6.07) is 3.34. The zero-order valence-electron chi connectivity index (χ0n) is 16.7. The minimum atomic E-state index is -0.737. The number of alkyl halides is 1. The summed E-state index contributed by atoms with van der Waals surface area (Å²) in [5, 5.41) is 20.4. The van der Waals surface area contributed by atoms with Crippen molar-refractivity contribution in [3.63, 3.8) is 0 Å². The average molecular weight is 403 g/mol. The van der Waals surface area contributed by atoms with Crippen LogP contribution in [-0.4, -0.2) is 33.7 Å². The quantitative estimate of drug-likeness (QED) is 0.514. The van der Waals surface area contributed by atoms with Crippen LogP contribution >= 0.6 is 0 Å². The van der Waals surface area contributed by atoms with Crippen molar-refractivity contribution in [2.75, 3.05) is 6.67 Å². The molecular formula is C23H27F2NO3. The number of aliphatic hydroxyl groups is 2. The summed E-state index contributed by atoms with van der Waals surface area (Å²) in [6.07, 6.45) is 5.91. The predicted octanol–water partition coefficient (Wildman–Crippen LogP) is 5.21. The van der Waals surface area contributed by atoms with Crippen LogP contribution in [0.15, 0.2) is 54.5 Å². The Bertz CT molecular complexity index is 951. The van der Waals surface area contributed by atoms with Gasteiger partial charge in [-0.25, -0.2) is 8.78 Å². The Morgan fingerprint density at radius 3 is 2.76 bits per heavy atom. The Balaban J connectivity index is 2.07. The van der Waals surface area contributed by atoms with E-state index in [1.165, 1.54) is 24.3 Å². The number of nitrogens with zero attached hydrogens (tertiary/aromatic N) is 1. The van der Waals surface area contributed by atoms with E-state index in [0.717, 1.165) is 11.1 Å². The Morgan fingerprint density at radius 1 is 1.34 bits per heavy atom. The van der Waals surface area contributed by atoms with Gasteiger partial charge in [0.05, 0.1) is 23.8 Å². The van der Waals surface area contributed by atoms with Crippen LogP contribution in [0.4, 0.5) is 8.78 Å². The average Bonchev–Trinajstić information content (AvgIpc) is 3.02. The second-order valence-corrected chi connectivity index (χ2v) is 7.67. The number of benzene rings is 1.